The Bertz CT molecular complexity index is 339. The molecule has 2 N–H and O–H groups in total. The molecule has 0 aliphatic carbocycles. The van der Waals surface area contributed by atoms with Gasteiger partial charge < -0.3 is 10.5 Å². The van der Waals surface area contributed by atoms with Gasteiger partial charge in [-0.2, -0.15) is 13.2 Å². The van der Waals surface area contributed by atoms with E-state index in [0.717, 1.165) is 0 Å². The van der Waals surface area contributed by atoms with Gasteiger partial charge in [0.15, 0.2) is 0 Å². The van der Waals surface area contributed by atoms with E-state index >= 15 is 0 Å². The van der Waals surface area contributed by atoms with Crippen LogP contribution in [0.3, 0.4) is 0 Å². The van der Waals surface area contributed by atoms with Gasteiger partial charge in [0.2, 0.25) is 5.88 Å². The van der Waals surface area contributed by atoms with Gasteiger partial charge in [-0.1, -0.05) is 0 Å². The van der Waals surface area contributed by atoms with Crippen molar-refractivity contribution in [3.05, 3.63) is 17.8 Å². The Hall–Kier alpha value is -1.46. The number of nitrogen functional groups attached to an aromatic ring is 1. The number of ether oxygens (including phenoxy) is 1. The maximum Gasteiger partial charge on any atom is 0.392 e. The summed E-state index contributed by atoms with van der Waals surface area (Å²) in [5.41, 5.74) is 6.50. The number of anilines is 1. The van der Waals surface area contributed by atoms with Gasteiger partial charge in [-0.3, -0.25) is 0 Å². The van der Waals surface area contributed by atoms with Crippen LogP contribution in [0, 0.1) is 6.92 Å². The summed E-state index contributed by atoms with van der Waals surface area (Å²) in [5.74, 6) is 0.188. The summed E-state index contributed by atoms with van der Waals surface area (Å²) in [6.07, 6.45) is -3.85. The number of halogens is 3. The van der Waals surface area contributed by atoms with Gasteiger partial charge in [-0.15, -0.1) is 0 Å². The van der Waals surface area contributed by atoms with E-state index in [0.29, 0.717) is 11.3 Å². The smallest absolute Gasteiger partial charge is 0.392 e. The molecule has 84 valence electrons. The van der Waals surface area contributed by atoms with Crippen LogP contribution in [0.4, 0.5) is 18.9 Å². The molecule has 0 aromatic carbocycles. The van der Waals surface area contributed by atoms with Crippen molar-refractivity contribution in [2.45, 2.75) is 19.5 Å². The number of pyridine rings is 1. The Kier molecular flexibility index (Phi) is 3.39. The van der Waals surface area contributed by atoms with Crippen molar-refractivity contribution in [1.82, 2.24) is 4.98 Å². The van der Waals surface area contributed by atoms with Crippen LogP contribution in [-0.4, -0.2) is 17.8 Å². The molecule has 0 unspecified atom stereocenters. The highest BCUT2D eigenvalue weighted by Gasteiger charge is 2.26. The lowest BCUT2D eigenvalue weighted by atomic mass is 10.3. The molecule has 1 heterocycles. The first kappa shape index (κ1) is 11.6. The van der Waals surface area contributed by atoms with Crippen LogP contribution in [0.2, 0.25) is 0 Å². The van der Waals surface area contributed by atoms with E-state index in [9.17, 15) is 13.2 Å². The summed E-state index contributed by atoms with van der Waals surface area (Å²) < 4.78 is 40.3. The van der Waals surface area contributed by atoms with Crippen LogP contribution in [0.25, 0.3) is 0 Å². The van der Waals surface area contributed by atoms with Gasteiger partial charge in [0.25, 0.3) is 0 Å². The van der Waals surface area contributed by atoms with E-state index in [1.54, 1.807) is 13.0 Å². The molecule has 0 spiro atoms. The van der Waals surface area contributed by atoms with Crippen molar-refractivity contribution in [3.63, 3.8) is 0 Å². The number of hydrogen-bond donors (Lipinski definition) is 1. The molecule has 0 amide bonds. The average Bonchev–Trinajstić information content (AvgIpc) is 2.07. The van der Waals surface area contributed by atoms with Crippen LogP contribution >= 0.6 is 0 Å². The number of aryl methyl sites for hydroxylation is 1. The fourth-order valence-electron chi connectivity index (χ4n) is 0.999. The second kappa shape index (κ2) is 4.37. The van der Waals surface area contributed by atoms with Crippen LogP contribution in [0.5, 0.6) is 5.88 Å². The van der Waals surface area contributed by atoms with Crippen LogP contribution < -0.4 is 10.5 Å². The molecule has 0 fully saturated rings. The quantitative estimate of drug-likeness (QED) is 0.850. The fourth-order valence-corrected chi connectivity index (χ4v) is 0.999. The van der Waals surface area contributed by atoms with Gasteiger partial charge in [0.1, 0.15) is 0 Å². The van der Waals surface area contributed by atoms with Crippen LogP contribution in [-0.2, 0) is 0 Å². The zero-order chi connectivity index (χ0) is 11.5. The second-order valence-electron chi connectivity index (χ2n) is 3.10. The summed E-state index contributed by atoms with van der Waals surface area (Å²) in [6.45, 7) is 1.24. The topological polar surface area (TPSA) is 48.1 Å². The van der Waals surface area contributed by atoms with Crippen LogP contribution in [0.1, 0.15) is 12.0 Å². The predicted octanol–water partition coefficient (Wildman–Crippen LogP) is 2.30. The highest BCUT2D eigenvalue weighted by atomic mass is 19.4. The fraction of sp³-hybridized carbons (Fsp3) is 0.444. The summed E-state index contributed by atoms with van der Waals surface area (Å²) in [7, 11) is 0. The first-order valence-corrected chi connectivity index (χ1v) is 4.30. The molecule has 0 aliphatic rings. The summed E-state index contributed by atoms with van der Waals surface area (Å²) in [5, 5.41) is 0. The van der Waals surface area contributed by atoms with Crippen molar-refractivity contribution in [3.8, 4) is 5.88 Å². The number of alkyl halides is 3. The Morgan fingerprint density at radius 3 is 2.67 bits per heavy atom. The van der Waals surface area contributed by atoms with Gasteiger partial charge >= 0.3 is 6.18 Å². The minimum Gasteiger partial charge on any atom is -0.477 e. The number of rotatable bonds is 3. The molecule has 1 rings (SSSR count). The molecule has 3 nitrogen and oxygen atoms in total. The number of nitrogens with zero attached hydrogens (tertiary/aromatic N) is 1. The molecule has 0 bridgehead atoms. The SMILES string of the molecule is Cc1cc(N)cnc1OCCC(F)(F)F. The minimum absolute atomic E-state index is 0.188. The molecule has 0 saturated carbocycles. The van der Waals surface area contributed by atoms with Crippen LogP contribution in [0.15, 0.2) is 12.3 Å². The first-order valence-electron chi connectivity index (χ1n) is 4.30. The van der Waals surface area contributed by atoms with E-state index in [4.69, 9.17) is 10.5 Å². The third kappa shape index (κ3) is 4.05. The van der Waals surface area contributed by atoms with E-state index in [1.165, 1.54) is 6.20 Å². The molecule has 0 aliphatic heterocycles. The lowest BCUT2D eigenvalue weighted by Crippen LogP contribution is -2.13. The van der Waals surface area contributed by atoms with Crippen molar-refractivity contribution in [2.75, 3.05) is 12.3 Å². The standard InChI is InChI=1S/C9H11F3N2O/c1-6-4-7(13)5-14-8(6)15-3-2-9(10,11)12/h4-5H,2-3,13H2,1H3. The van der Waals surface area contributed by atoms with Gasteiger partial charge in [0.05, 0.1) is 24.9 Å². The molecule has 0 radical (unpaired) electrons. The molecule has 1 aromatic rings. The largest absolute Gasteiger partial charge is 0.477 e. The number of nitrogens with two attached hydrogens (primary N) is 1. The highest BCUT2D eigenvalue weighted by Crippen LogP contribution is 2.21. The van der Waals surface area contributed by atoms with E-state index in [2.05, 4.69) is 4.98 Å². The summed E-state index contributed by atoms with van der Waals surface area (Å²) in [4.78, 5) is 3.78. The average molecular weight is 220 g/mol. The van der Waals surface area contributed by atoms with Crippen molar-refractivity contribution in [2.24, 2.45) is 0 Å². The lowest BCUT2D eigenvalue weighted by molar-refractivity contribution is -0.139. The Labute approximate surface area is 85.1 Å². The summed E-state index contributed by atoms with van der Waals surface area (Å²) >= 11 is 0. The van der Waals surface area contributed by atoms with E-state index in [1.807, 2.05) is 0 Å². The second-order valence-corrected chi connectivity index (χ2v) is 3.10. The molecule has 6 heteroatoms. The maximum absolute atomic E-state index is 11.8. The monoisotopic (exact) mass is 220 g/mol. The minimum atomic E-state index is -4.21. The van der Waals surface area contributed by atoms with Crippen molar-refractivity contribution < 1.29 is 17.9 Å². The van der Waals surface area contributed by atoms with E-state index in [-0.39, 0.29) is 5.88 Å². The van der Waals surface area contributed by atoms with E-state index < -0.39 is 19.2 Å². The molecular weight excluding hydrogens is 209 g/mol. The third-order valence-electron chi connectivity index (χ3n) is 1.68. The predicted molar refractivity (Wildman–Crippen MR) is 49.6 cm³/mol. The highest BCUT2D eigenvalue weighted by molar-refractivity contribution is 5.41. The summed E-state index contributed by atoms with van der Waals surface area (Å²) in [6, 6.07) is 1.59. The Morgan fingerprint density at radius 1 is 1.47 bits per heavy atom. The first-order chi connectivity index (χ1) is 6.88. The number of hydrogen-bond acceptors (Lipinski definition) is 3. The normalized spacial score (nSPS) is 11.5. The van der Waals surface area contributed by atoms with Gasteiger partial charge in [-0.05, 0) is 13.0 Å². The zero-order valence-corrected chi connectivity index (χ0v) is 8.14. The van der Waals surface area contributed by atoms with Gasteiger partial charge in [0, 0.05) is 5.56 Å². The molecule has 0 atom stereocenters. The number of aromatic nitrogens is 1. The molecule has 1 aromatic heterocycles. The Balaban J connectivity index is 2.51. The maximum atomic E-state index is 11.8. The van der Waals surface area contributed by atoms with Crippen molar-refractivity contribution >= 4 is 5.69 Å². The lowest BCUT2D eigenvalue weighted by Gasteiger charge is -2.09. The molecular formula is C9H11F3N2O. The third-order valence-corrected chi connectivity index (χ3v) is 1.68. The zero-order valence-electron chi connectivity index (χ0n) is 8.14. The van der Waals surface area contributed by atoms with Gasteiger partial charge in [-0.25, -0.2) is 4.98 Å². The molecule has 15 heavy (non-hydrogen) atoms. The Morgan fingerprint density at radius 2 is 2.13 bits per heavy atom. The molecule has 0 saturated heterocycles. The van der Waals surface area contributed by atoms with Crippen molar-refractivity contribution in [1.29, 1.82) is 0 Å².